The van der Waals surface area contributed by atoms with Crippen LogP contribution < -0.4 is 10.6 Å². The first kappa shape index (κ1) is 20.6. The molecule has 0 amide bonds. The van der Waals surface area contributed by atoms with Crippen LogP contribution in [-0.4, -0.2) is 29.8 Å². The minimum absolute atomic E-state index is 0.0622. The highest BCUT2D eigenvalue weighted by molar-refractivity contribution is 6.30. The molecule has 142 valence electrons. The van der Waals surface area contributed by atoms with E-state index in [-0.39, 0.29) is 11.5 Å². The summed E-state index contributed by atoms with van der Waals surface area (Å²) >= 11 is 5.88. The van der Waals surface area contributed by atoms with Gasteiger partial charge in [0.05, 0.1) is 0 Å². The van der Waals surface area contributed by atoms with E-state index < -0.39 is 0 Å². The van der Waals surface area contributed by atoms with Gasteiger partial charge < -0.3 is 20.8 Å². The highest BCUT2D eigenvalue weighted by Gasteiger charge is 2.00. The van der Waals surface area contributed by atoms with Crippen molar-refractivity contribution >= 4 is 11.6 Å². The number of nitrogens with one attached hydrogen (secondary N) is 2. The highest BCUT2D eigenvalue weighted by Crippen LogP contribution is 2.24. The van der Waals surface area contributed by atoms with Gasteiger partial charge in [-0.05, 0) is 74.3 Å². The minimum Gasteiger partial charge on any atom is -0.504 e. The number of hydrogen-bond donors (Lipinski definition) is 4. The van der Waals surface area contributed by atoms with E-state index in [9.17, 15) is 10.2 Å². The maximum Gasteiger partial charge on any atom is 0.157 e. The predicted molar refractivity (Wildman–Crippen MR) is 108 cm³/mol. The first-order valence-electron chi connectivity index (χ1n) is 9.32. The van der Waals surface area contributed by atoms with E-state index in [1.165, 1.54) is 30.9 Å². The summed E-state index contributed by atoms with van der Waals surface area (Å²) in [5, 5.41) is 26.4. The van der Waals surface area contributed by atoms with Crippen LogP contribution >= 0.6 is 11.6 Å². The van der Waals surface area contributed by atoms with Crippen molar-refractivity contribution in [1.82, 2.24) is 10.6 Å². The van der Waals surface area contributed by atoms with E-state index in [1.807, 2.05) is 18.2 Å². The number of aromatic hydroxyl groups is 2. The molecule has 4 nitrogen and oxygen atoms in total. The van der Waals surface area contributed by atoms with E-state index >= 15 is 0 Å². The maximum absolute atomic E-state index is 9.45. The highest BCUT2D eigenvalue weighted by atomic mass is 35.5. The average Bonchev–Trinajstić information content (AvgIpc) is 2.64. The molecular weight excluding hydrogens is 348 g/mol. The van der Waals surface area contributed by atoms with Gasteiger partial charge in [-0.3, -0.25) is 0 Å². The SMILES string of the molecule is Oc1ccc(CNCCCCCCNCCc2ccc(Cl)cc2)cc1O. The largest absolute Gasteiger partial charge is 0.504 e. The number of phenolic OH excluding ortho intramolecular Hbond substituents is 2. The third-order valence-electron chi connectivity index (χ3n) is 4.33. The molecule has 0 saturated carbocycles. The number of phenols is 2. The Morgan fingerprint density at radius 2 is 1.35 bits per heavy atom. The maximum atomic E-state index is 9.45. The second-order valence-electron chi connectivity index (χ2n) is 6.54. The quantitative estimate of drug-likeness (QED) is 0.330. The molecule has 0 atom stereocenters. The van der Waals surface area contributed by atoms with Crippen molar-refractivity contribution in [3.05, 3.63) is 58.6 Å². The van der Waals surface area contributed by atoms with Crippen LogP contribution in [0.15, 0.2) is 42.5 Å². The molecule has 5 heteroatoms. The van der Waals surface area contributed by atoms with Crippen LogP contribution in [0.5, 0.6) is 11.5 Å². The van der Waals surface area contributed by atoms with Gasteiger partial charge in [0.1, 0.15) is 0 Å². The zero-order valence-electron chi connectivity index (χ0n) is 15.2. The second-order valence-corrected chi connectivity index (χ2v) is 6.98. The standard InChI is InChI=1S/C21H29ClN2O2/c22-19-8-5-17(6-9-19)11-14-23-12-3-1-2-4-13-24-16-18-7-10-20(25)21(26)15-18/h5-10,15,23-26H,1-4,11-14,16H2. The molecule has 0 spiro atoms. The molecule has 0 aliphatic heterocycles. The summed E-state index contributed by atoms with van der Waals surface area (Å²) in [7, 11) is 0. The first-order valence-corrected chi connectivity index (χ1v) is 9.69. The van der Waals surface area contributed by atoms with Gasteiger partial charge in [-0.15, -0.1) is 0 Å². The van der Waals surface area contributed by atoms with Crippen molar-refractivity contribution in [2.75, 3.05) is 19.6 Å². The van der Waals surface area contributed by atoms with E-state index in [0.29, 0.717) is 6.54 Å². The third-order valence-corrected chi connectivity index (χ3v) is 4.58. The molecule has 0 aromatic heterocycles. The molecule has 0 heterocycles. The first-order chi connectivity index (χ1) is 12.6. The van der Waals surface area contributed by atoms with Crippen LogP contribution in [0.1, 0.15) is 36.8 Å². The molecule has 2 rings (SSSR count). The Hall–Kier alpha value is -1.75. The Morgan fingerprint density at radius 3 is 2.04 bits per heavy atom. The average molecular weight is 377 g/mol. The summed E-state index contributed by atoms with van der Waals surface area (Å²) in [6.45, 7) is 3.74. The Morgan fingerprint density at radius 1 is 0.692 bits per heavy atom. The third kappa shape index (κ3) is 8.09. The summed E-state index contributed by atoms with van der Waals surface area (Å²) in [5.41, 5.74) is 2.29. The molecule has 4 N–H and O–H groups in total. The number of unbranched alkanes of at least 4 members (excludes halogenated alkanes) is 3. The molecule has 2 aromatic rings. The van der Waals surface area contributed by atoms with Crippen LogP contribution in [0, 0.1) is 0 Å². The molecule has 0 saturated heterocycles. The fraction of sp³-hybridized carbons (Fsp3) is 0.429. The van der Waals surface area contributed by atoms with Gasteiger partial charge in [-0.2, -0.15) is 0 Å². The molecular formula is C21H29ClN2O2. The van der Waals surface area contributed by atoms with Gasteiger partial charge in [0, 0.05) is 11.6 Å². The Labute approximate surface area is 161 Å². The van der Waals surface area contributed by atoms with Crippen LogP contribution in [0.4, 0.5) is 0 Å². The zero-order valence-corrected chi connectivity index (χ0v) is 15.9. The van der Waals surface area contributed by atoms with Crippen molar-refractivity contribution in [3.63, 3.8) is 0 Å². The molecule has 0 fully saturated rings. The van der Waals surface area contributed by atoms with Crippen molar-refractivity contribution in [2.24, 2.45) is 0 Å². The minimum atomic E-state index is -0.0736. The number of rotatable bonds is 12. The fourth-order valence-corrected chi connectivity index (χ4v) is 2.90. The van der Waals surface area contributed by atoms with Gasteiger partial charge in [0.25, 0.3) is 0 Å². The lowest BCUT2D eigenvalue weighted by molar-refractivity contribution is 0.403. The molecule has 0 unspecified atom stereocenters. The molecule has 0 aliphatic rings. The molecule has 2 aromatic carbocycles. The summed E-state index contributed by atoms with van der Waals surface area (Å²) in [4.78, 5) is 0. The number of benzene rings is 2. The predicted octanol–water partition coefficient (Wildman–Crippen LogP) is 4.23. The van der Waals surface area contributed by atoms with Crippen LogP contribution in [0.3, 0.4) is 0 Å². The summed E-state index contributed by atoms with van der Waals surface area (Å²) in [6.07, 6.45) is 5.83. The lowest BCUT2D eigenvalue weighted by atomic mass is 10.1. The fourth-order valence-electron chi connectivity index (χ4n) is 2.77. The summed E-state index contributed by atoms with van der Waals surface area (Å²) in [6, 6.07) is 13.0. The number of hydrogen-bond acceptors (Lipinski definition) is 4. The van der Waals surface area contributed by atoms with Crippen LogP contribution in [0.2, 0.25) is 5.02 Å². The van der Waals surface area contributed by atoms with Crippen molar-refractivity contribution in [3.8, 4) is 11.5 Å². The Kier molecular flexibility index (Phi) is 9.32. The molecule has 0 aliphatic carbocycles. The second kappa shape index (κ2) is 11.8. The van der Waals surface area contributed by atoms with Crippen molar-refractivity contribution < 1.29 is 10.2 Å². The topological polar surface area (TPSA) is 64.5 Å². The molecule has 0 bridgehead atoms. The van der Waals surface area contributed by atoms with Gasteiger partial charge in [0.2, 0.25) is 0 Å². The lowest BCUT2D eigenvalue weighted by Gasteiger charge is -2.07. The van der Waals surface area contributed by atoms with Gasteiger partial charge in [0.15, 0.2) is 11.5 Å². The summed E-state index contributed by atoms with van der Waals surface area (Å²) < 4.78 is 0. The number of halogens is 1. The molecule has 26 heavy (non-hydrogen) atoms. The lowest BCUT2D eigenvalue weighted by Crippen LogP contribution is -2.18. The summed E-state index contributed by atoms with van der Waals surface area (Å²) in [5.74, 6) is -0.136. The van der Waals surface area contributed by atoms with Gasteiger partial charge in [-0.1, -0.05) is 42.6 Å². The van der Waals surface area contributed by atoms with Crippen LogP contribution in [-0.2, 0) is 13.0 Å². The van der Waals surface area contributed by atoms with E-state index in [1.54, 1.807) is 6.07 Å². The molecule has 0 radical (unpaired) electrons. The Bertz CT molecular complexity index is 647. The zero-order chi connectivity index (χ0) is 18.6. The smallest absolute Gasteiger partial charge is 0.157 e. The van der Waals surface area contributed by atoms with Crippen LogP contribution in [0.25, 0.3) is 0 Å². The van der Waals surface area contributed by atoms with Gasteiger partial charge in [-0.25, -0.2) is 0 Å². The monoisotopic (exact) mass is 376 g/mol. The van der Waals surface area contributed by atoms with E-state index in [0.717, 1.165) is 43.1 Å². The van der Waals surface area contributed by atoms with E-state index in [2.05, 4.69) is 22.8 Å². The van der Waals surface area contributed by atoms with Crippen molar-refractivity contribution in [2.45, 2.75) is 38.6 Å². The van der Waals surface area contributed by atoms with E-state index in [4.69, 9.17) is 11.6 Å². The van der Waals surface area contributed by atoms with Crippen molar-refractivity contribution in [1.29, 1.82) is 0 Å². The Balaban J connectivity index is 1.40. The normalized spacial score (nSPS) is 11.0. The van der Waals surface area contributed by atoms with Gasteiger partial charge >= 0.3 is 0 Å².